The Morgan fingerprint density at radius 3 is 2.35 bits per heavy atom. The fourth-order valence-electron chi connectivity index (χ4n) is 3.01. The lowest BCUT2D eigenvalue weighted by molar-refractivity contribution is 0.0827. The van der Waals surface area contributed by atoms with Crippen LogP contribution in [0, 0.1) is 0 Å². The molecule has 1 aromatic heterocycles. The molecule has 0 atom stereocenters. The number of nitrogens with zero attached hydrogens (tertiary/aromatic N) is 2. The predicted molar refractivity (Wildman–Crippen MR) is 90.0 cm³/mol. The first kappa shape index (κ1) is 15.5. The van der Waals surface area contributed by atoms with Crippen molar-refractivity contribution in [3.05, 3.63) is 53.7 Å². The normalized spacial score (nSPS) is 14.7. The van der Waals surface area contributed by atoms with E-state index in [-0.39, 0.29) is 5.91 Å². The molecule has 23 heavy (non-hydrogen) atoms. The summed E-state index contributed by atoms with van der Waals surface area (Å²) in [5.74, 6) is 1.91. The Balaban J connectivity index is 1.66. The summed E-state index contributed by atoms with van der Waals surface area (Å²) in [6.45, 7) is 0. The highest BCUT2D eigenvalue weighted by Crippen LogP contribution is 2.34. The first-order valence-corrected chi connectivity index (χ1v) is 8.09. The van der Waals surface area contributed by atoms with Crippen molar-refractivity contribution in [2.45, 2.75) is 31.6 Å². The summed E-state index contributed by atoms with van der Waals surface area (Å²) in [5, 5.41) is 0. The third kappa shape index (κ3) is 3.70. The van der Waals surface area contributed by atoms with E-state index in [4.69, 9.17) is 4.74 Å². The van der Waals surface area contributed by atoms with Crippen LogP contribution in [0.2, 0.25) is 0 Å². The highest BCUT2D eigenvalue weighted by atomic mass is 16.5. The summed E-state index contributed by atoms with van der Waals surface area (Å²) in [4.78, 5) is 17.6. The second-order valence-electron chi connectivity index (χ2n) is 6.24. The van der Waals surface area contributed by atoms with Gasteiger partial charge in [-0.05, 0) is 42.5 Å². The number of aromatic nitrogens is 1. The number of hydrogen-bond acceptors (Lipinski definition) is 3. The molecule has 0 bridgehead atoms. The monoisotopic (exact) mass is 310 g/mol. The smallest absolute Gasteiger partial charge is 0.254 e. The van der Waals surface area contributed by atoms with E-state index < -0.39 is 0 Å². The van der Waals surface area contributed by atoms with Gasteiger partial charge in [0.2, 0.25) is 5.88 Å². The van der Waals surface area contributed by atoms with Gasteiger partial charge in [-0.3, -0.25) is 4.79 Å². The molecule has 0 radical (unpaired) electrons. The molecule has 1 fully saturated rings. The van der Waals surface area contributed by atoms with E-state index in [1.54, 1.807) is 32.4 Å². The molecular weight excluding hydrogens is 288 g/mol. The van der Waals surface area contributed by atoms with E-state index in [1.165, 1.54) is 36.1 Å². The van der Waals surface area contributed by atoms with Crippen molar-refractivity contribution >= 4 is 5.91 Å². The van der Waals surface area contributed by atoms with E-state index in [0.717, 1.165) is 5.75 Å². The first-order valence-electron chi connectivity index (χ1n) is 8.09. The van der Waals surface area contributed by atoms with Gasteiger partial charge in [-0.25, -0.2) is 4.98 Å². The molecule has 1 heterocycles. The van der Waals surface area contributed by atoms with E-state index in [9.17, 15) is 4.79 Å². The van der Waals surface area contributed by atoms with Crippen LogP contribution in [0.4, 0.5) is 0 Å². The van der Waals surface area contributed by atoms with E-state index >= 15 is 0 Å². The van der Waals surface area contributed by atoms with Gasteiger partial charge >= 0.3 is 0 Å². The van der Waals surface area contributed by atoms with Crippen molar-refractivity contribution < 1.29 is 9.53 Å². The number of benzene rings is 1. The molecule has 0 N–H and O–H groups in total. The maximum absolute atomic E-state index is 11.8. The van der Waals surface area contributed by atoms with Crippen LogP contribution in [0.3, 0.4) is 0 Å². The van der Waals surface area contributed by atoms with E-state index in [0.29, 0.717) is 17.4 Å². The van der Waals surface area contributed by atoms with Crippen molar-refractivity contribution in [1.29, 1.82) is 0 Å². The van der Waals surface area contributed by atoms with Crippen molar-refractivity contribution in [2.24, 2.45) is 0 Å². The minimum absolute atomic E-state index is 0.0648. The van der Waals surface area contributed by atoms with Crippen LogP contribution >= 0.6 is 0 Å². The van der Waals surface area contributed by atoms with Crippen LogP contribution in [-0.4, -0.2) is 29.9 Å². The SMILES string of the molecule is CN(C)C(=O)c1ccc(Oc2ccc(C3CCCC3)cc2)nc1. The minimum Gasteiger partial charge on any atom is -0.439 e. The van der Waals surface area contributed by atoms with Crippen LogP contribution in [0.1, 0.15) is 47.5 Å². The molecule has 2 aromatic rings. The number of rotatable bonds is 4. The van der Waals surface area contributed by atoms with Crippen LogP contribution in [0.5, 0.6) is 11.6 Å². The Kier molecular flexibility index (Phi) is 4.60. The highest BCUT2D eigenvalue weighted by molar-refractivity contribution is 5.93. The van der Waals surface area contributed by atoms with Crippen molar-refractivity contribution in [2.75, 3.05) is 14.1 Å². The number of amides is 1. The molecule has 1 amide bonds. The van der Waals surface area contributed by atoms with Gasteiger partial charge in [-0.1, -0.05) is 25.0 Å². The number of carbonyl (C=O) groups is 1. The molecule has 0 aliphatic heterocycles. The molecule has 120 valence electrons. The molecule has 3 rings (SSSR count). The molecule has 1 aliphatic rings. The summed E-state index contributed by atoms with van der Waals surface area (Å²) >= 11 is 0. The molecule has 1 aromatic carbocycles. The van der Waals surface area contributed by atoms with Gasteiger partial charge in [-0.2, -0.15) is 0 Å². The molecule has 4 heteroatoms. The molecule has 0 unspecified atom stereocenters. The zero-order chi connectivity index (χ0) is 16.2. The van der Waals surface area contributed by atoms with Gasteiger partial charge in [0.1, 0.15) is 5.75 Å². The lowest BCUT2D eigenvalue weighted by Crippen LogP contribution is -2.21. The topological polar surface area (TPSA) is 42.4 Å². The predicted octanol–water partition coefficient (Wildman–Crippen LogP) is 4.23. The standard InChI is InChI=1S/C19H22N2O2/c1-21(2)19(22)16-9-12-18(20-13-16)23-17-10-7-15(8-11-17)14-5-3-4-6-14/h7-14H,3-6H2,1-2H3. The third-order valence-electron chi connectivity index (χ3n) is 4.32. The summed E-state index contributed by atoms with van der Waals surface area (Å²) in [6.07, 6.45) is 6.81. The van der Waals surface area contributed by atoms with Gasteiger partial charge < -0.3 is 9.64 Å². The Morgan fingerprint density at radius 1 is 1.09 bits per heavy atom. The molecular formula is C19H22N2O2. The van der Waals surface area contributed by atoms with Crippen molar-refractivity contribution in [3.63, 3.8) is 0 Å². The average Bonchev–Trinajstić information content (AvgIpc) is 3.10. The lowest BCUT2D eigenvalue weighted by Gasteiger charge is -2.11. The summed E-state index contributed by atoms with van der Waals surface area (Å²) in [6, 6.07) is 11.7. The largest absolute Gasteiger partial charge is 0.439 e. The van der Waals surface area contributed by atoms with Crippen molar-refractivity contribution in [3.8, 4) is 11.6 Å². The Labute approximate surface area is 137 Å². The molecule has 4 nitrogen and oxygen atoms in total. The number of carbonyl (C=O) groups excluding carboxylic acids is 1. The second-order valence-corrected chi connectivity index (χ2v) is 6.24. The zero-order valence-electron chi connectivity index (χ0n) is 13.7. The highest BCUT2D eigenvalue weighted by Gasteiger charge is 2.16. The van der Waals surface area contributed by atoms with Crippen LogP contribution in [0.25, 0.3) is 0 Å². The fourth-order valence-corrected chi connectivity index (χ4v) is 3.01. The number of pyridine rings is 1. The maximum atomic E-state index is 11.8. The quantitative estimate of drug-likeness (QED) is 0.848. The third-order valence-corrected chi connectivity index (χ3v) is 4.32. The summed E-state index contributed by atoms with van der Waals surface area (Å²) in [5.41, 5.74) is 1.95. The molecule has 0 saturated heterocycles. The van der Waals surface area contributed by atoms with Crippen LogP contribution in [-0.2, 0) is 0 Å². The Bertz CT molecular complexity index is 657. The zero-order valence-corrected chi connectivity index (χ0v) is 13.7. The van der Waals surface area contributed by atoms with Gasteiger partial charge in [0, 0.05) is 26.4 Å². The Morgan fingerprint density at radius 2 is 1.78 bits per heavy atom. The van der Waals surface area contributed by atoms with Gasteiger partial charge in [0.05, 0.1) is 5.56 Å². The number of hydrogen-bond donors (Lipinski definition) is 0. The van der Waals surface area contributed by atoms with Gasteiger partial charge in [0.15, 0.2) is 0 Å². The molecule has 1 saturated carbocycles. The average molecular weight is 310 g/mol. The lowest BCUT2D eigenvalue weighted by atomic mass is 9.98. The number of ether oxygens (including phenoxy) is 1. The molecule has 0 spiro atoms. The van der Waals surface area contributed by atoms with E-state index in [1.807, 2.05) is 12.1 Å². The maximum Gasteiger partial charge on any atom is 0.254 e. The van der Waals surface area contributed by atoms with Gasteiger partial charge in [0.25, 0.3) is 5.91 Å². The van der Waals surface area contributed by atoms with Crippen molar-refractivity contribution in [1.82, 2.24) is 9.88 Å². The van der Waals surface area contributed by atoms with Crippen LogP contribution in [0.15, 0.2) is 42.6 Å². The summed E-state index contributed by atoms with van der Waals surface area (Å²) in [7, 11) is 3.44. The fraction of sp³-hybridized carbons (Fsp3) is 0.368. The Hall–Kier alpha value is -2.36. The van der Waals surface area contributed by atoms with E-state index in [2.05, 4.69) is 17.1 Å². The second kappa shape index (κ2) is 6.82. The van der Waals surface area contributed by atoms with Gasteiger partial charge in [-0.15, -0.1) is 0 Å². The molecule has 1 aliphatic carbocycles. The minimum atomic E-state index is -0.0648. The summed E-state index contributed by atoms with van der Waals surface area (Å²) < 4.78 is 5.76. The first-order chi connectivity index (χ1) is 11.1. The van der Waals surface area contributed by atoms with Crippen LogP contribution < -0.4 is 4.74 Å².